The second-order valence-corrected chi connectivity index (χ2v) is 7.66. The van der Waals surface area contributed by atoms with Crippen LogP contribution in [0.25, 0.3) is 0 Å². The highest BCUT2D eigenvalue weighted by Crippen LogP contribution is 2.38. The summed E-state index contributed by atoms with van der Waals surface area (Å²) in [5, 5.41) is 5.27. The molecule has 1 saturated heterocycles. The van der Waals surface area contributed by atoms with Crippen LogP contribution in [0.1, 0.15) is 48.7 Å². The third kappa shape index (κ3) is 3.38. The largest absolute Gasteiger partial charge is 0.486 e. The normalized spacial score (nSPS) is 20.0. The fraction of sp³-hybridized carbons (Fsp3) is 0.450. The first-order valence-corrected chi connectivity index (χ1v) is 10.1. The summed E-state index contributed by atoms with van der Waals surface area (Å²) in [4.78, 5) is 16.1. The zero-order valence-corrected chi connectivity index (χ0v) is 15.8. The van der Waals surface area contributed by atoms with Crippen LogP contribution in [0.4, 0.5) is 4.79 Å². The summed E-state index contributed by atoms with van der Waals surface area (Å²) in [6, 6.07) is 10.3. The van der Waals surface area contributed by atoms with E-state index in [1.165, 1.54) is 4.88 Å². The van der Waals surface area contributed by atoms with Crippen molar-refractivity contribution in [3.63, 3.8) is 0 Å². The summed E-state index contributed by atoms with van der Waals surface area (Å²) in [7, 11) is 0. The van der Waals surface area contributed by atoms with Crippen molar-refractivity contribution in [3.05, 3.63) is 46.2 Å². The van der Waals surface area contributed by atoms with E-state index >= 15 is 0 Å². The van der Waals surface area contributed by atoms with Gasteiger partial charge in [0.15, 0.2) is 11.5 Å². The van der Waals surface area contributed by atoms with Crippen LogP contribution in [0, 0.1) is 0 Å². The molecule has 2 atom stereocenters. The topological polar surface area (TPSA) is 50.8 Å². The van der Waals surface area contributed by atoms with Crippen molar-refractivity contribution in [3.8, 4) is 11.5 Å². The number of nitrogens with one attached hydrogen (secondary N) is 1. The summed E-state index contributed by atoms with van der Waals surface area (Å²) >= 11 is 1.69. The predicted molar refractivity (Wildman–Crippen MR) is 102 cm³/mol. The average molecular weight is 372 g/mol. The van der Waals surface area contributed by atoms with E-state index in [4.69, 9.17) is 9.47 Å². The lowest BCUT2D eigenvalue weighted by molar-refractivity contribution is 0.170. The van der Waals surface area contributed by atoms with Gasteiger partial charge in [-0.25, -0.2) is 4.79 Å². The first kappa shape index (κ1) is 17.2. The Morgan fingerprint density at radius 2 is 2.15 bits per heavy atom. The highest BCUT2D eigenvalue weighted by molar-refractivity contribution is 7.10. The van der Waals surface area contributed by atoms with E-state index in [0.29, 0.717) is 13.2 Å². The maximum Gasteiger partial charge on any atom is 0.318 e. The Labute approximate surface area is 157 Å². The Hall–Kier alpha value is -2.21. The molecule has 2 aromatic rings. The number of hydrogen-bond donors (Lipinski definition) is 1. The lowest BCUT2D eigenvalue weighted by atomic mass is 10.0. The minimum Gasteiger partial charge on any atom is -0.486 e. The first-order chi connectivity index (χ1) is 12.8. The molecule has 2 unspecified atom stereocenters. The lowest BCUT2D eigenvalue weighted by Gasteiger charge is -2.28. The second kappa shape index (κ2) is 7.58. The number of carbonyl (C=O) groups is 1. The third-order valence-electron chi connectivity index (χ3n) is 5.06. The molecule has 26 heavy (non-hydrogen) atoms. The van der Waals surface area contributed by atoms with Crippen molar-refractivity contribution < 1.29 is 14.3 Å². The summed E-state index contributed by atoms with van der Waals surface area (Å²) in [6.45, 7) is 4.05. The standard InChI is InChI=1S/C20H24N2O3S/c1-2-15(19-6-4-12-26-19)21-20(23)22-9-3-5-16(22)14-7-8-17-18(13-14)25-11-10-24-17/h4,6-8,12-13,15-16H,2-3,5,9-11H2,1H3,(H,21,23). The summed E-state index contributed by atoms with van der Waals surface area (Å²) < 4.78 is 11.3. The maximum atomic E-state index is 12.9. The van der Waals surface area contributed by atoms with Crippen LogP contribution in [0.5, 0.6) is 11.5 Å². The number of hydrogen-bond acceptors (Lipinski definition) is 4. The van der Waals surface area contributed by atoms with E-state index in [9.17, 15) is 4.79 Å². The molecule has 1 N–H and O–H groups in total. The Kier molecular flexibility index (Phi) is 5.02. The molecule has 5 nitrogen and oxygen atoms in total. The number of benzene rings is 1. The number of urea groups is 1. The number of thiophene rings is 1. The molecular formula is C20H24N2O3S. The van der Waals surface area contributed by atoms with Crippen LogP contribution < -0.4 is 14.8 Å². The Morgan fingerprint density at radius 3 is 2.92 bits per heavy atom. The van der Waals surface area contributed by atoms with Crippen molar-refractivity contribution >= 4 is 17.4 Å². The minimum absolute atomic E-state index is 0.0163. The molecule has 138 valence electrons. The van der Waals surface area contributed by atoms with E-state index < -0.39 is 0 Å². The Balaban J connectivity index is 1.50. The van der Waals surface area contributed by atoms with Gasteiger partial charge in [0.1, 0.15) is 13.2 Å². The van der Waals surface area contributed by atoms with Gasteiger partial charge in [0.25, 0.3) is 0 Å². The van der Waals surface area contributed by atoms with Crippen molar-refractivity contribution in [2.45, 2.75) is 38.3 Å². The van der Waals surface area contributed by atoms with E-state index in [2.05, 4.69) is 29.8 Å². The van der Waals surface area contributed by atoms with Gasteiger partial charge in [-0.3, -0.25) is 0 Å². The molecule has 0 aliphatic carbocycles. The van der Waals surface area contributed by atoms with E-state index in [1.54, 1.807) is 11.3 Å². The molecule has 2 amide bonds. The molecule has 0 bridgehead atoms. The summed E-state index contributed by atoms with van der Waals surface area (Å²) in [5.41, 5.74) is 1.12. The van der Waals surface area contributed by atoms with Crippen molar-refractivity contribution in [2.75, 3.05) is 19.8 Å². The zero-order chi connectivity index (χ0) is 17.9. The molecular weight excluding hydrogens is 348 g/mol. The molecule has 2 aliphatic rings. The van der Waals surface area contributed by atoms with Gasteiger partial charge in [-0.15, -0.1) is 11.3 Å². The van der Waals surface area contributed by atoms with Gasteiger partial charge >= 0.3 is 6.03 Å². The van der Waals surface area contributed by atoms with Crippen molar-refractivity contribution in [2.24, 2.45) is 0 Å². The number of rotatable bonds is 4. The number of likely N-dealkylation sites (tertiary alicyclic amines) is 1. The number of fused-ring (bicyclic) bond motifs is 1. The number of amides is 2. The second-order valence-electron chi connectivity index (χ2n) is 6.68. The molecule has 2 aliphatic heterocycles. The van der Waals surface area contributed by atoms with Crippen LogP contribution in [-0.4, -0.2) is 30.7 Å². The van der Waals surface area contributed by atoms with E-state index in [0.717, 1.165) is 42.9 Å². The highest BCUT2D eigenvalue weighted by Gasteiger charge is 2.32. The zero-order valence-electron chi connectivity index (χ0n) is 14.9. The van der Waals surface area contributed by atoms with Crippen molar-refractivity contribution in [1.29, 1.82) is 0 Å². The number of carbonyl (C=O) groups excluding carboxylic acids is 1. The predicted octanol–water partition coefficient (Wildman–Crippen LogP) is 4.52. The lowest BCUT2D eigenvalue weighted by Crippen LogP contribution is -2.41. The van der Waals surface area contributed by atoms with Gasteiger partial charge in [-0.05, 0) is 48.4 Å². The first-order valence-electron chi connectivity index (χ1n) is 9.26. The Morgan fingerprint density at radius 1 is 1.31 bits per heavy atom. The molecule has 1 aromatic carbocycles. The van der Waals surface area contributed by atoms with Crippen LogP contribution in [-0.2, 0) is 0 Å². The highest BCUT2D eigenvalue weighted by atomic mass is 32.1. The maximum absolute atomic E-state index is 12.9. The van der Waals surface area contributed by atoms with Gasteiger partial charge in [0.2, 0.25) is 0 Å². The van der Waals surface area contributed by atoms with Gasteiger partial charge in [0, 0.05) is 11.4 Å². The SMILES string of the molecule is CCC(NC(=O)N1CCCC1c1ccc2c(c1)OCCO2)c1cccs1. The smallest absolute Gasteiger partial charge is 0.318 e. The van der Waals surface area contributed by atoms with Gasteiger partial charge in [0.05, 0.1) is 12.1 Å². The van der Waals surface area contributed by atoms with E-state index in [-0.39, 0.29) is 18.1 Å². The van der Waals surface area contributed by atoms with E-state index in [1.807, 2.05) is 23.1 Å². The van der Waals surface area contributed by atoms with Crippen LogP contribution in [0.15, 0.2) is 35.7 Å². The fourth-order valence-corrected chi connectivity index (χ4v) is 4.58. The summed E-state index contributed by atoms with van der Waals surface area (Å²) in [6.07, 6.45) is 2.87. The van der Waals surface area contributed by atoms with Gasteiger partial charge < -0.3 is 19.7 Å². The van der Waals surface area contributed by atoms with Gasteiger partial charge in [-0.2, -0.15) is 0 Å². The number of ether oxygens (including phenoxy) is 2. The average Bonchev–Trinajstić information content (AvgIpc) is 3.37. The minimum atomic E-state index is 0.0163. The molecule has 0 radical (unpaired) electrons. The third-order valence-corrected chi connectivity index (χ3v) is 6.04. The molecule has 4 rings (SSSR count). The van der Waals surface area contributed by atoms with Crippen LogP contribution in [0.2, 0.25) is 0 Å². The summed E-state index contributed by atoms with van der Waals surface area (Å²) in [5.74, 6) is 1.57. The molecule has 1 fully saturated rings. The number of nitrogens with zero attached hydrogens (tertiary/aromatic N) is 1. The quantitative estimate of drug-likeness (QED) is 0.859. The van der Waals surface area contributed by atoms with Gasteiger partial charge in [-0.1, -0.05) is 19.1 Å². The van der Waals surface area contributed by atoms with Crippen molar-refractivity contribution in [1.82, 2.24) is 10.2 Å². The molecule has 3 heterocycles. The van der Waals surface area contributed by atoms with Crippen LogP contribution >= 0.6 is 11.3 Å². The Bertz CT molecular complexity index is 762. The molecule has 6 heteroatoms. The molecule has 0 spiro atoms. The fourth-order valence-electron chi connectivity index (χ4n) is 3.72. The molecule has 0 saturated carbocycles. The molecule has 1 aromatic heterocycles. The monoisotopic (exact) mass is 372 g/mol. The van der Waals surface area contributed by atoms with Crippen LogP contribution in [0.3, 0.4) is 0 Å².